The van der Waals surface area contributed by atoms with E-state index < -0.39 is 0 Å². The second kappa shape index (κ2) is 4.16. The summed E-state index contributed by atoms with van der Waals surface area (Å²) in [5.41, 5.74) is 2.53. The number of rotatable bonds is 1. The molecule has 2 aromatic rings. The van der Waals surface area contributed by atoms with Crippen LogP contribution in [0.3, 0.4) is 0 Å². The van der Waals surface area contributed by atoms with Crippen LogP contribution in [0.15, 0.2) is 33.5 Å². The van der Waals surface area contributed by atoms with Gasteiger partial charge in [0.15, 0.2) is 0 Å². The minimum absolute atomic E-state index is 0.0217. The molecule has 5 heteroatoms. The molecule has 1 aromatic carbocycles. The van der Waals surface area contributed by atoms with E-state index in [1.807, 2.05) is 24.3 Å². The molecular formula is C12H11BrN2O2. The first-order chi connectivity index (χ1) is 8.27. The van der Waals surface area contributed by atoms with Gasteiger partial charge in [0, 0.05) is 16.6 Å². The van der Waals surface area contributed by atoms with Crippen LogP contribution in [0, 0.1) is 0 Å². The number of nitrogens with one attached hydrogen (secondary N) is 1. The van der Waals surface area contributed by atoms with E-state index in [1.165, 1.54) is 0 Å². The standard InChI is InChI=1S/C12H11BrN2O2/c13-9-3-1-2-4-11(9)15-12(16)8-7-17-6-5-10(8)14-15/h1-4,14H,5-7H2. The van der Waals surface area contributed by atoms with Gasteiger partial charge in [-0.2, -0.15) is 0 Å². The van der Waals surface area contributed by atoms with Gasteiger partial charge in [-0.05, 0) is 28.1 Å². The largest absolute Gasteiger partial charge is 0.376 e. The van der Waals surface area contributed by atoms with Crippen molar-refractivity contribution >= 4 is 15.9 Å². The zero-order valence-corrected chi connectivity index (χ0v) is 10.7. The number of aromatic nitrogens is 2. The summed E-state index contributed by atoms with van der Waals surface area (Å²) in [4.78, 5) is 12.2. The summed E-state index contributed by atoms with van der Waals surface area (Å²) in [7, 11) is 0. The molecule has 3 rings (SSSR count). The fraction of sp³-hybridized carbons (Fsp3) is 0.250. The molecule has 88 valence electrons. The van der Waals surface area contributed by atoms with Crippen molar-refractivity contribution in [3.8, 4) is 5.69 Å². The molecule has 1 aliphatic rings. The zero-order valence-electron chi connectivity index (χ0n) is 9.07. The van der Waals surface area contributed by atoms with E-state index in [1.54, 1.807) is 4.68 Å². The molecule has 17 heavy (non-hydrogen) atoms. The fourth-order valence-corrected chi connectivity index (χ4v) is 2.49. The molecule has 0 saturated heterocycles. The van der Waals surface area contributed by atoms with Gasteiger partial charge in [-0.1, -0.05) is 12.1 Å². The molecule has 0 bridgehead atoms. The van der Waals surface area contributed by atoms with E-state index in [-0.39, 0.29) is 5.56 Å². The second-order valence-electron chi connectivity index (χ2n) is 3.96. The molecule has 0 fully saturated rings. The Morgan fingerprint density at radius 1 is 1.35 bits per heavy atom. The first kappa shape index (κ1) is 10.8. The summed E-state index contributed by atoms with van der Waals surface area (Å²) in [5, 5.41) is 3.15. The highest BCUT2D eigenvalue weighted by Crippen LogP contribution is 2.20. The number of nitrogens with zero attached hydrogens (tertiary/aromatic N) is 1. The smallest absolute Gasteiger partial charge is 0.277 e. The molecule has 0 aliphatic carbocycles. The van der Waals surface area contributed by atoms with E-state index in [0.717, 1.165) is 27.8 Å². The van der Waals surface area contributed by atoms with Crippen molar-refractivity contribution < 1.29 is 4.74 Å². The maximum Gasteiger partial charge on any atom is 0.277 e. The Balaban J connectivity index is 2.20. The van der Waals surface area contributed by atoms with Crippen LogP contribution >= 0.6 is 15.9 Å². The van der Waals surface area contributed by atoms with Crippen LogP contribution in [-0.2, 0) is 17.8 Å². The summed E-state index contributed by atoms with van der Waals surface area (Å²) < 4.78 is 7.77. The Bertz CT molecular complexity index is 615. The lowest BCUT2D eigenvalue weighted by Gasteiger charge is -2.08. The third-order valence-corrected chi connectivity index (χ3v) is 3.58. The third kappa shape index (κ3) is 1.75. The SMILES string of the molecule is O=c1c2c([nH]n1-c1ccccc1Br)CCOC2. The van der Waals surface area contributed by atoms with Crippen LogP contribution in [0.2, 0.25) is 0 Å². The summed E-state index contributed by atoms with van der Waals surface area (Å²) in [6, 6.07) is 7.64. The second-order valence-corrected chi connectivity index (χ2v) is 4.82. The molecule has 0 spiro atoms. The Morgan fingerprint density at radius 3 is 2.94 bits per heavy atom. The van der Waals surface area contributed by atoms with Gasteiger partial charge >= 0.3 is 0 Å². The highest BCUT2D eigenvalue weighted by molar-refractivity contribution is 9.10. The van der Waals surface area contributed by atoms with Crippen LogP contribution in [-0.4, -0.2) is 16.4 Å². The van der Waals surface area contributed by atoms with Gasteiger partial charge in [0.2, 0.25) is 0 Å². The molecule has 1 N–H and O–H groups in total. The molecule has 1 aliphatic heterocycles. The number of fused-ring (bicyclic) bond motifs is 1. The Hall–Kier alpha value is -1.33. The third-order valence-electron chi connectivity index (χ3n) is 2.91. The molecule has 4 nitrogen and oxygen atoms in total. The predicted molar refractivity (Wildman–Crippen MR) is 67.4 cm³/mol. The van der Waals surface area contributed by atoms with Crippen molar-refractivity contribution in [2.45, 2.75) is 13.0 Å². The first-order valence-electron chi connectivity index (χ1n) is 5.43. The number of halogens is 1. The van der Waals surface area contributed by atoms with Crippen molar-refractivity contribution in [1.29, 1.82) is 0 Å². The van der Waals surface area contributed by atoms with Gasteiger partial charge in [-0.15, -0.1) is 0 Å². The lowest BCUT2D eigenvalue weighted by atomic mass is 10.2. The molecular weight excluding hydrogens is 284 g/mol. The van der Waals surface area contributed by atoms with Crippen molar-refractivity contribution in [2.24, 2.45) is 0 Å². The number of H-pyrrole nitrogens is 1. The van der Waals surface area contributed by atoms with Crippen molar-refractivity contribution in [1.82, 2.24) is 9.78 Å². The van der Waals surface area contributed by atoms with Gasteiger partial charge in [-0.3, -0.25) is 9.89 Å². The minimum Gasteiger partial charge on any atom is -0.376 e. The Labute approximate surface area is 106 Å². The monoisotopic (exact) mass is 294 g/mol. The minimum atomic E-state index is -0.0217. The van der Waals surface area contributed by atoms with E-state index in [9.17, 15) is 4.79 Å². The highest BCUT2D eigenvalue weighted by Gasteiger charge is 2.19. The number of ether oxygens (including phenoxy) is 1. The Morgan fingerprint density at radius 2 is 2.18 bits per heavy atom. The number of hydrogen-bond donors (Lipinski definition) is 1. The number of para-hydroxylation sites is 1. The quantitative estimate of drug-likeness (QED) is 0.874. The van der Waals surface area contributed by atoms with Crippen molar-refractivity contribution in [2.75, 3.05) is 6.61 Å². The van der Waals surface area contributed by atoms with Crippen LogP contribution in [0.1, 0.15) is 11.3 Å². The molecule has 0 saturated carbocycles. The summed E-state index contributed by atoms with van der Waals surface area (Å²) in [6.07, 6.45) is 0.766. The Kier molecular flexibility index (Phi) is 2.64. The van der Waals surface area contributed by atoms with Crippen molar-refractivity contribution in [3.63, 3.8) is 0 Å². The fourth-order valence-electron chi connectivity index (χ4n) is 2.02. The molecule has 2 heterocycles. The average Bonchev–Trinajstić information content (AvgIpc) is 2.68. The van der Waals surface area contributed by atoms with Crippen molar-refractivity contribution in [3.05, 3.63) is 50.3 Å². The van der Waals surface area contributed by atoms with Crippen LogP contribution in [0.4, 0.5) is 0 Å². The van der Waals surface area contributed by atoms with Crippen LogP contribution in [0.5, 0.6) is 0 Å². The summed E-state index contributed by atoms with van der Waals surface area (Å²) >= 11 is 3.45. The molecule has 1 aromatic heterocycles. The normalized spacial score (nSPS) is 14.6. The number of hydrogen-bond acceptors (Lipinski definition) is 2. The molecule has 0 atom stereocenters. The summed E-state index contributed by atoms with van der Waals surface area (Å²) in [6.45, 7) is 1.07. The van der Waals surface area contributed by atoms with Gasteiger partial charge in [-0.25, -0.2) is 4.68 Å². The maximum atomic E-state index is 12.2. The topological polar surface area (TPSA) is 47.0 Å². The van der Waals surface area contributed by atoms with Crippen LogP contribution < -0.4 is 5.56 Å². The molecule has 0 amide bonds. The van der Waals surface area contributed by atoms with Gasteiger partial charge in [0.25, 0.3) is 5.56 Å². The van der Waals surface area contributed by atoms with E-state index in [4.69, 9.17) is 4.74 Å². The first-order valence-corrected chi connectivity index (χ1v) is 6.22. The lowest BCUT2D eigenvalue weighted by molar-refractivity contribution is 0.109. The van der Waals surface area contributed by atoms with E-state index in [0.29, 0.717) is 13.2 Å². The molecule has 0 radical (unpaired) electrons. The molecule has 0 unspecified atom stereocenters. The number of benzene rings is 1. The average molecular weight is 295 g/mol. The lowest BCUT2D eigenvalue weighted by Crippen LogP contribution is -2.19. The predicted octanol–water partition coefficient (Wildman–Crippen LogP) is 2.00. The van der Waals surface area contributed by atoms with Gasteiger partial charge < -0.3 is 4.74 Å². The van der Waals surface area contributed by atoms with E-state index >= 15 is 0 Å². The van der Waals surface area contributed by atoms with Gasteiger partial charge in [0.1, 0.15) is 0 Å². The van der Waals surface area contributed by atoms with Crippen LogP contribution in [0.25, 0.3) is 5.69 Å². The summed E-state index contributed by atoms with van der Waals surface area (Å²) in [5.74, 6) is 0. The van der Waals surface area contributed by atoms with E-state index in [2.05, 4.69) is 21.0 Å². The van der Waals surface area contributed by atoms with Gasteiger partial charge in [0.05, 0.1) is 24.5 Å². The zero-order chi connectivity index (χ0) is 11.8. The number of aromatic amines is 1. The maximum absolute atomic E-state index is 12.2. The highest BCUT2D eigenvalue weighted by atomic mass is 79.9.